The monoisotopic (exact) mass is 140 g/mol. The van der Waals surface area contributed by atoms with Crippen LogP contribution in [0.5, 0.6) is 0 Å². The molecule has 2 nitrogen and oxygen atoms in total. The van der Waals surface area contributed by atoms with Crippen LogP contribution < -0.4 is 5.32 Å². The number of aliphatic imine (C=N–C) groups is 1. The zero-order valence-corrected chi connectivity index (χ0v) is 6.96. The lowest BCUT2D eigenvalue weighted by atomic mass is 9.95. The van der Waals surface area contributed by atoms with E-state index in [4.69, 9.17) is 0 Å². The molecule has 1 unspecified atom stereocenters. The van der Waals surface area contributed by atoms with E-state index in [-0.39, 0.29) is 0 Å². The van der Waals surface area contributed by atoms with Crippen molar-refractivity contribution in [2.24, 2.45) is 10.9 Å². The average molecular weight is 140 g/mol. The third-order valence-electron chi connectivity index (χ3n) is 2.15. The summed E-state index contributed by atoms with van der Waals surface area (Å²) in [6.07, 6.45) is 3.29. The molecule has 0 aromatic heterocycles. The number of hydrogen-bond donors (Lipinski definition) is 1. The van der Waals surface area contributed by atoms with Gasteiger partial charge in [-0.15, -0.1) is 0 Å². The molecule has 1 N–H and O–H groups in total. The Morgan fingerprint density at radius 1 is 1.50 bits per heavy atom. The molecule has 0 aromatic rings. The maximum atomic E-state index is 4.38. The number of likely N-dealkylation sites (N-methyl/N-ethyl adjacent to an activating group) is 1. The zero-order chi connectivity index (χ0) is 7.56. The minimum Gasteiger partial charge on any atom is -0.315 e. The first-order valence-corrected chi connectivity index (χ1v) is 3.94. The van der Waals surface area contributed by atoms with Gasteiger partial charge < -0.3 is 5.32 Å². The molecule has 1 rings (SSSR count). The topological polar surface area (TPSA) is 24.4 Å². The molecule has 0 saturated heterocycles. The van der Waals surface area contributed by atoms with Crippen molar-refractivity contribution in [2.75, 3.05) is 7.05 Å². The minimum atomic E-state index is 0.459. The summed E-state index contributed by atoms with van der Waals surface area (Å²) in [5.41, 5.74) is 0. The van der Waals surface area contributed by atoms with Crippen LogP contribution >= 0.6 is 0 Å². The summed E-state index contributed by atoms with van der Waals surface area (Å²) < 4.78 is 0. The summed E-state index contributed by atoms with van der Waals surface area (Å²) in [4.78, 5) is 4.38. The molecule has 1 aliphatic rings. The molecule has 10 heavy (non-hydrogen) atoms. The van der Waals surface area contributed by atoms with Crippen molar-refractivity contribution in [3.05, 3.63) is 0 Å². The number of nitrogens with zero attached hydrogens (tertiary/aromatic N) is 1. The molecule has 0 spiro atoms. The normalized spacial score (nSPS) is 40.1. The third kappa shape index (κ3) is 1.57. The Morgan fingerprint density at radius 3 is 2.70 bits per heavy atom. The summed E-state index contributed by atoms with van der Waals surface area (Å²) in [7, 11) is 2.01. The van der Waals surface area contributed by atoms with Gasteiger partial charge in [0.05, 0.1) is 6.04 Å². The first-order valence-electron chi connectivity index (χ1n) is 3.94. The van der Waals surface area contributed by atoms with E-state index in [9.17, 15) is 0 Å². The second-order valence-electron chi connectivity index (χ2n) is 3.15. The first-order chi connectivity index (χ1) is 4.74. The van der Waals surface area contributed by atoms with E-state index >= 15 is 0 Å². The molecule has 0 amide bonds. The lowest BCUT2D eigenvalue weighted by Crippen LogP contribution is -2.39. The van der Waals surface area contributed by atoms with E-state index in [1.807, 2.05) is 7.05 Å². The SMILES string of the molecule is CNC1C[C@@H](C)C=N[C@H]1C. The summed E-state index contributed by atoms with van der Waals surface area (Å²) in [6.45, 7) is 4.36. The van der Waals surface area contributed by atoms with Gasteiger partial charge in [-0.1, -0.05) is 6.92 Å². The predicted octanol–water partition coefficient (Wildman–Crippen LogP) is 1.07. The summed E-state index contributed by atoms with van der Waals surface area (Å²) in [6, 6.07) is 1.04. The van der Waals surface area contributed by atoms with Crippen molar-refractivity contribution in [1.82, 2.24) is 5.32 Å². The van der Waals surface area contributed by atoms with Gasteiger partial charge in [-0.2, -0.15) is 0 Å². The Balaban J connectivity index is 2.53. The Labute approximate surface area is 62.7 Å². The van der Waals surface area contributed by atoms with Crippen LogP contribution in [0.2, 0.25) is 0 Å². The fourth-order valence-corrected chi connectivity index (χ4v) is 1.40. The lowest BCUT2D eigenvalue weighted by molar-refractivity contribution is 0.408. The van der Waals surface area contributed by atoms with Gasteiger partial charge in [0.1, 0.15) is 0 Å². The standard InChI is InChI=1S/C8H16N2/c1-6-4-8(9-3)7(2)10-5-6/h5-9H,4H2,1-3H3/t6-,7+,8?/m1/s1. The summed E-state index contributed by atoms with van der Waals surface area (Å²) >= 11 is 0. The Kier molecular flexibility index (Phi) is 2.44. The van der Waals surface area contributed by atoms with Crippen LogP contribution in [-0.2, 0) is 0 Å². The highest BCUT2D eigenvalue weighted by Gasteiger charge is 2.19. The molecule has 0 fully saturated rings. The van der Waals surface area contributed by atoms with E-state index in [1.54, 1.807) is 0 Å². The van der Waals surface area contributed by atoms with E-state index in [1.165, 1.54) is 6.42 Å². The van der Waals surface area contributed by atoms with Gasteiger partial charge in [-0.05, 0) is 26.3 Å². The average Bonchev–Trinajstić information content (AvgIpc) is 1.94. The Hall–Kier alpha value is -0.370. The van der Waals surface area contributed by atoms with Crippen molar-refractivity contribution < 1.29 is 0 Å². The van der Waals surface area contributed by atoms with Crippen molar-refractivity contribution in [3.8, 4) is 0 Å². The second kappa shape index (κ2) is 3.15. The van der Waals surface area contributed by atoms with Gasteiger partial charge in [-0.25, -0.2) is 0 Å². The lowest BCUT2D eigenvalue weighted by Gasteiger charge is -2.26. The van der Waals surface area contributed by atoms with Crippen LogP contribution in [-0.4, -0.2) is 25.3 Å². The highest BCUT2D eigenvalue weighted by atomic mass is 15.0. The molecule has 0 aromatic carbocycles. The van der Waals surface area contributed by atoms with Crippen LogP contribution in [0.3, 0.4) is 0 Å². The van der Waals surface area contributed by atoms with Crippen molar-refractivity contribution in [1.29, 1.82) is 0 Å². The molecule has 0 radical (unpaired) electrons. The minimum absolute atomic E-state index is 0.459. The largest absolute Gasteiger partial charge is 0.315 e. The van der Waals surface area contributed by atoms with Gasteiger partial charge in [0, 0.05) is 12.3 Å². The zero-order valence-electron chi connectivity index (χ0n) is 6.96. The van der Waals surface area contributed by atoms with Gasteiger partial charge in [0.2, 0.25) is 0 Å². The molecule has 1 aliphatic heterocycles. The first kappa shape index (κ1) is 7.73. The van der Waals surface area contributed by atoms with E-state index in [2.05, 4.69) is 30.4 Å². The van der Waals surface area contributed by atoms with Gasteiger partial charge >= 0.3 is 0 Å². The van der Waals surface area contributed by atoms with Crippen molar-refractivity contribution in [3.63, 3.8) is 0 Å². The molecular weight excluding hydrogens is 124 g/mol. The number of rotatable bonds is 1. The van der Waals surface area contributed by atoms with Gasteiger partial charge in [0.15, 0.2) is 0 Å². The van der Waals surface area contributed by atoms with Crippen LogP contribution in [0.15, 0.2) is 4.99 Å². The Bertz CT molecular complexity index is 131. The van der Waals surface area contributed by atoms with E-state index in [0.717, 1.165) is 0 Å². The molecule has 0 bridgehead atoms. The molecule has 0 aliphatic carbocycles. The van der Waals surface area contributed by atoms with Crippen molar-refractivity contribution >= 4 is 6.21 Å². The highest BCUT2D eigenvalue weighted by molar-refractivity contribution is 5.61. The fourth-order valence-electron chi connectivity index (χ4n) is 1.40. The van der Waals surface area contributed by atoms with Crippen LogP contribution in [0, 0.1) is 5.92 Å². The van der Waals surface area contributed by atoms with Gasteiger partial charge in [0.25, 0.3) is 0 Å². The van der Waals surface area contributed by atoms with Crippen LogP contribution in [0.1, 0.15) is 20.3 Å². The fraction of sp³-hybridized carbons (Fsp3) is 0.875. The highest BCUT2D eigenvalue weighted by Crippen LogP contribution is 2.14. The molecular formula is C8H16N2. The quantitative estimate of drug-likeness (QED) is 0.579. The summed E-state index contributed by atoms with van der Waals surface area (Å²) in [5.74, 6) is 0.647. The smallest absolute Gasteiger partial charge is 0.0620 e. The summed E-state index contributed by atoms with van der Waals surface area (Å²) in [5, 5.41) is 3.27. The Morgan fingerprint density at radius 2 is 2.20 bits per heavy atom. The number of hydrogen-bond acceptors (Lipinski definition) is 2. The second-order valence-corrected chi connectivity index (χ2v) is 3.15. The van der Waals surface area contributed by atoms with Crippen LogP contribution in [0.25, 0.3) is 0 Å². The van der Waals surface area contributed by atoms with Gasteiger partial charge in [-0.3, -0.25) is 4.99 Å². The molecule has 58 valence electrons. The maximum Gasteiger partial charge on any atom is 0.0620 e. The van der Waals surface area contributed by atoms with E-state index < -0.39 is 0 Å². The third-order valence-corrected chi connectivity index (χ3v) is 2.15. The van der Waals surface area contributed by atoms with Crippen LogP contribution in [0.4, 0.5) is 0 Å². The molecule has 0 saturated carbocycles. The molecule has 3 atom stereocenters. The molecule has 1 heterocycles. The van der Waals surface area contributed by atoms with E-state index in [0.29, 0.717) is 18.0 Å². The molecule has 2 heteroatoms. The maximum absolute atomic E-state index is 4.38. The predicted molar refractivity (Wildman–Crippen MR) is 44.6 cm³/mol. The number of nitrogens with one attached hydrogen (secondary N) is 1. The van der Waals surface area contributed by atoms with Crippen molar-refractivity contribution in [2.45, 2.75) is 32.4 Å².